The van der Waals surface area contributed by atoms with Crippen LogP contribution in [0.15, 0.2) is 66.4 Å². The maximum absolute atomic E-state index is 13.1. The van der Waals surface area contributed by atoms with Gasteiger partial charge in [0, 0.05) is 30.0 Å². The van der Waals surface area contributed by atoms with Crippen LogP contribution in [-0.2, 0) is 11.3 Å². The minimum Gasteiger partial charge on any atom is -0.323 e. The van der Waals surface area contributed by atoms with Crippen LogP contribution in [0.25, 0.3) is 11.0 Å². The number of nitriles is 1. The minimum absolute atomic E-state index is 0.00521. The van der Waals surface area contributed by atoms with Crippen molar-refractivity contribution in [2.75, 3.05) is 23.7 Å². The summed E-state index contributed by atoms with van der Waals surface area (Å²) in [7, 11) is 0. The molecule has 1 amide bonds. The summed E-state index contributed by atoms with van der Waals surface area (Å²) in [6.07, 6.45) is 7.38. The highest BCUT2D eigenvalue weighted by molar-refractivity contribution is 5.98. The van der Waals surface area contributed by atoms with E-state index in [1.807, 2.05) is 23.0 Å². The van der Waals surface area contributed by atoms with Crippen LogP contribution in [0.1, 0.15) is 23.6 Å². The van der Waals surface area contributed by atoms with Gasteiger partial charge in [0.25, 0.3) is 5.56 Å². The molecule has 36 heavy (non-hydrogen) atoms. The summed E-state index contributed by atoms with van der Waals surface area (Å²) in [5.41, 5.74) is 1.96. The first-order chi connectivity index (χ1) is 17.5. The lowest BCUT2D eigenvalue weighted by molar-refractivity contribution is -0.111. The van der Waals surface area contributed by atoms with Crippen molar-refractivity contribution in [3.8, 4) is 6.07 Å². The number of aromatic nitrogens is 5. The molecular formula is C25H23N9O2. The summed E-state index contributed by atoms with van der Waals surface area (Å²) in [6, 6.07) is 10.8. The number of nitrogens with zero attached hydrogens (tertiary/aromatic N) is 6. The SMILES string of the molecule is C=CC(=O)Nc1cccc(Cn2c(=O)c(C#N)cc3cnc(Nc4cnn(C5CCNC5)c4)nc32)c1. The lowest BCUT2D eigenvalue weighted by atomic mass is 10.1. The summed E-state index contributed by atoms with van der Waals surface area (Å²) in [5, 5.41) is 23.7. The molecule has 3 N–H and O–H groups in total. The quantitative estimate of drug-likeness (QED) is 0.341. The molecule has 0 saturated carbocycles. The van der Waals surface area contributed by atoms with Crippen molar-refractivity contribution in [1.29, 1.82) is 5.26 Å². The number of fused-ring (bicyclic) bond motifs is 1. The van der Waals surface area contributed by atoms with Crippen molar-refractivity contribution >= 4 is 34.3 Å². The Bertz CT molecular complexity index is 1560. The van der Waals surface area contributed by atoms with Crippen LogP contribution >= 0.6 is 0 Å². The molecule has 1 unspecified atom stereocenters. The first-order valence-corrected chi connectivity index (χ1v) is 11.4. The molecule has 1 aromatic carbocycles. The van der Waals surface area contributed by atoms with Gasteiger partial charge < -0.3 is 16.0 Å². The van der Waals surface area contributed by atoms with Crippen molar-refractivity contribution in [1.82, 2.24) is 29.6 Å². The predicted octanol–water partition coefficient (Wildman–Crippen LogP) is 2.31. The van der Waals surface area contributed by atoms with Crippen LogP contribution in [0.5, 0.6) is 0 Å². The van der Waals surface area contributed by atoms with Gasteiger partial charge in [0.2, 0.25) is 11.9 Å². The fraction of sp³-hybridized carbons (Fsp3) is 0.200. The van der Waals surface area contributed by atoms with Crippen molar-refractivity contribution < 1.29 is 4.79 Å². The standard InChI is InChI=1S/C25H23N9O2/c1-2-22(35)30-19-5-3-4-16(8-19)14-33-23-18(9-17(10-26)24(33)36)11-28-25(32-23)31-20-12-29-34(15-20)21-6-7-27-13-21/h2-5,8-9,11-12,15,21,27H,1,6-7,13-14H2,(H,30,35)(H,28,31,32). The van der Waals surface area contributed by atoms with E-state index in [-0.39, 0.29) is 18.0 Å². The third-order valence-electron chi connectivity index (χ3n) is 5.93. The number of carbonyl (C=O) groups excluding carboxylic acids is 1. The van der Waals surface area contributed by atoms with E-state index in [0.29, 0.717) is 28.7 Å². The Morgan fingerprint density at radius 2 is 2.19 bits per heavy atom. The molecule has 1 aliphatic heterocycles. The van der Waals surface area contributed by atoms with E-state index in [2.05, 4.69) is 37.6 Å². The molecule has 5 rings (SSSR count). The normalized spacial score (nSPS) is 14.9. The maximum atomic E-state index is 13.1. The van der Waals surface area contributed by atoms with Crippen molar-refractivity contribution in [3.63, 3.8) is 0 Å². The molecule has 11 heteroatoms. The van der Waals surface area contributed by atoms with Crippen LogP contribution in [-0.4, -0.2) is 43.3 Å². The molecule has 1 saturated heterocycles. The van der Waals surface area contributed by atoms with Crippen molar-refractivity contribution in [2.45, 2.75) is 19.0 Å². The number of amides is 1. The van der Waals surface area contributed by atoms with Gasteiger partial charge in [0.1, 0.15) is 17.3 Å². The van der Waals surface area contributed by atoms with Gasteiger partial charge >= 0.3 is 0 Å². The van der Waals surface area contributed by atoms with E-state index in [9.17, 15) is 14.9 Å². The summed E-state index contributed by atoms with van der Waals surface area (Å²) < 4.78 is 3.35. The molecule has 11 nitrogen and oxygen atoms in total. The van der Waals surface area contributed by atoms with Crippen molar-refractivity contribution in [2.24, 2.45) is 0 Å². The van der Waals surface area contributed by atoms with E-state index in [1.54, 1.807) is 30.6 Å². The maximum Gasteiger partial charge on any atom is 0.270 e. The molecule has 4 heterocycles. The Kier molecular flexibility index (Phi) is 6.25. The topological polar surface area (TPSA) is 143 Å². The Balaban J connectivity index is 1.49. The number of hydrogen-bond donors (Lipinski definition) is 3. The zero-order chi connectivity index (χ0) is 25.1. The molecule has 4 aromatic rings. The van der Waals surface area contributed by atoms with E-state index >= 15 is 0 Å². The van der Waals surface area contributed by atoms with E-state index in [1.165, 1.54) is 16.7 Å². The summed E-state index contributed by atoms with van der Waals surface area (Å²) >= 11 is 0. The summed E-state index contributed by atoms with van der Waals surface area (Å²) in [6.45, 7) is 5.44. The number of benzene rings is 1. The van der Waals surface area contributed by atoms with Gasteiger partial charge in [0.15, 0.2) is 0 Å². The van der Waals surface area contributed by atoms with E-state index in [0.717, 1.165) is 30.8 Å². The molecule has 1 fully saturated rings. The van der Waals surface area contributed by atoms with Crippen LogP contribution in [0.2, 0.25) is 0 Å². The first kappa shape index (κ1) is 22.9. The van der Waals surface area contributed by atoms with Crippen LogP contribution in [0.4, 0.5) is 17.3 Å². The zero-order valence-corrected chi connectivity index (χ0v) is 19.3. The van der Waals surface area contributed by atoms with Gasteiger partial charge in [-0.15, -0.1) is 0 Å². The number of pyridine rings is 1. The van der Waals surface area contributed by atoms with Gasteiger partial charge in [-0.25, -0.2) is 4.98 Å². The van der Waals surface area contributed by atoms with Crippen LogP contribution in [0.3, 0.4) is 0 Å². The molecule has 3 aromatic heterocycles. The molecule has 0 bridgehead atoms. The second-order valence-corrected chi connectivity index (χ2v) is 8.41. The largest absolute Gasteiger partial charge is 0.323 e. The van der Waals surface area contributed by atoms with E-state index < -0.39 is 5.56 Å². The molecule has 0 aliphatic carbocycles. The monoisotopic (exact) mass is 481 g/mol. The minimum atomic E-state index is -0.461. The van der Waals surface area contributed by atoms with E-state index in [4.69, 9.17) is 0 Å². The molecule has 0 radical (unpaired) electrons. The highest BCUT2D eigenvalue weighted by Crippen LogP contribution is 2.21. The second kappa shape index (κ2) is 9.81. The molecule has 180 valence electrons. The summed E-state index contributed by atoms with van der Waals surface area (Å²) in [5.74, 6) is -0.0336. The molecule has 1 atom stereocenters. The highest BCUT2D eigenvalue weighted by Gasteiger charge is 2.18. The zero-order valence-electron chi connectivity index (χ0n) is 19.3. The number of carbonyl (C=O) groups is 1. The van der Waals surface area contributed by atoms with Crippen LogP contribution in [0, 0.1) is 11.3 Å². The lowest BCUT2D eigenvalue weighted by Crippen LogP contribution is -2.24. The molecule has 1 aliphatic rings. The average molecular weight is 482 g/mol. The first-order valence-electron chi connectivity index (χ1n) is 11.4. The predicted molar refractivity (Wildman–Crippen MR) is 135 cm³/mol. The van der Waals surface area contributed by atoms with Gasteiger partial charge in [-0.05, 0) is 42.8 Å². The van der Waals surface area contributed by atoms with Gasteiger partial charge in [0.05, 0.1) is 24.5 Å². The Hall–Kier alpha value is -4.82. The van der Waals surface area contributed by atoms with Crippen LogP contribution < -0.4 is 21.5 Å². The second-order valence-electron chi connectivity index (χ2n) is 8.41. The molecular weight excluding hydrogens is 458 g/mol. The fourth-order valence-corrected chi connectivity index (χ4v) is 4.17. The Morgan fingerprint density at radius 3 is 2.97 bits per heavy atom. The lowest BCUT2D eigenvalue weighted by Gasteiger charge is -2.12. The number of anilines is 3. The smallest absolute Gasteiger partial charge is 0.270 e. The highest BCUT2D eigenvalue weighted by atomic mass is 16.1. The number of nitrogens with one attached hydrogen (secondary N) is 3. The van der Waals surface area contributed by atoms with Gasteiger partial charge in [-0.2, -0.15) is 15.3 Å². The Labute approximate surface area is 206 Å². The van der Waals surface area contributed by atoms with Gasteiger partial charge in [-0.3, -0.25) is 18.8 Å². The third-order valence-corrected chi connectivity index (χ3v) is 5.93. The summed E-state index contributed by atoms with van der Waals surface area (Å²) in [4.78, 5) is 33.7. The number of hydrogen-bond acceptors (Lipinski definition) is 8. The van der Waals surface area contributed by atoms with Crippen molar-refractivity contribution in [3.05, 3.63) is 83.1 Å². The fourth-order valence-electron chi connectivity index (χ4n) is 4.17. The molecule has 0 spiro atoms. The average Bonchev–Trinajstić information content (AvgIpc) is 3.58. The number of rotatable bonds is 7. The Morgan fingerprint density at radius 1 is 1.31 bits per heavy atom. The third kappa shape index (κ3) is 4.70. The van der Waals surface area contributed by atoms with Gasteiger partial charge in [-0.1, -0.05) is 18.7 Å².